The van der Waals surface area contributed by atoms with Gasteiger partial charge in [-0.2, -0.15) is 0 Å². The molecule has 3 saturated carbocycles. The van der Waals surface area contributed by atoms with Crippen molar-refractivity contribution < 1.29 is 56.1 Å². The van der Waals surface area contributed by atoms with E-state index in [1.54, 1.807) is 0 Å². The average molecular weight is 266 g/mol. The maximum absolute atomic E-state index is 5.60. The van der Waals surface area contributed by atoms with Gasteiger partial charge < -0.3 is 29.6 Å². The van der Waals surface area contributed by atoms with E-state index in [-0.39, 0.29) is 51.4 Å². The van der Waals surface area contributed by atoms with Gasteiger partial charge in [0.1, 0.15) is 0 Å². The van der Waals surface area contributed by atoms with Gasteiger partial charge >= 0.3 is 51.4 Å². The SMILES string of the molecule is S=C([S-])O[C@H]1C[C@@H]2C[C@H]1C1CCCC12.[K+]. The largest absolute Gasteiger partial charge is 1.00 e. The van der Waals surface area contributed by atoms with Crippen LogP contribution >= 0.6 is 12.2 Å². The summed E-state index contributed by atoms with van der Waals surface area (Å²) in [4.78, 5) is 0. The molecule has 3 aliphatic carbocycles. The second-order valence-corrected chi connectivity index (χ2v) is 6.06. The molecule has 0 amide bonds. The first-order chi connectivity index (χ1) is 6.75. The van der Waals surface area contributed by atoms with Crippen molar-refractivity contribution in [3.8, 4) is 0 Å². The van der Waals surface area contributed by atoms with Crippen LogP contribution in [0.2, 0.25) is 0 Å². The number of ether oxygens (including phenoxy) is 1. The van der Waals surface area contributed by atoms with Crippen molar-refractivity contribution in [2.75, 3.05) is 0 Å². The molecule has 5 atom stereocenters. The molecule has 0 spiro atoms. The Balaban J connectivity index is 0.000000853. The van der Waals surface area contributed by atoms with E-state index in [9.17, 15) is 0 Å². The Morgan fingerprint density at radius 2 is 1.87 bits per heavy atom. The standard InChI is InChI=1S/C11H16OS2.K/c13-11(14)12-10-5-6-4-9(10)8-3-1-2-7(6)8;/h6-10H,1-5H2,(H,13,14);/q;+1/p-1/t6-,7?,8?,9-,10-;/m0./s1. The average Bonchev–Trinajstić information content (AvgIpc) is 2.68. The molecule has 78 valence electrons. The summed E-state index contributed by atoms with van der Waals surface area (Å²) in [5, 5.41) is 0. The third-order valence-electron chi connectivity index (χ3n) is 4.62. The Bertz CT molecular complexity index is 271. The fraction of sp³-hybridized carbons (Fsp3) is 0.909. The number of rotatable bonds is 1. The molecule has 3 rings (SSSR count). The molecular weight excluding hydrogens is 251 g/mol. The van der Waals surface area contributed by atoms with Gasteiger partial charge in [-0.3, -0.25) is 0 Å². The second kappa shape index (κ2) is 5.17. The van der Waals surface area contributed by atoms with Crippen LogP contribution in [0.5, 0.6) is 0 Å². The molecule has 0 aromatic heterocycles. The summed E-state index contributed by atoms with van der Waals surface area (Å²) >= 11 is 9.72. The molecular formula is C11H15KOS2. The molecule has 3 aliphatic rings. The van der Waals surface area contributed by atoms with Crippen LogP contribution in [0.4, 0.5) is 0 Å². The fourth-order valence-electron chi connectivity index (χ4n) is 4.26. The van der Waals surface area contributed by atoms with E-state index in [1.807, 2.05) is 0 Å². The first kappa shape index (κ1) is 13.2. The van der Waals surface area contributed by atoms with Crippen molar-refractivity contribution in [3.63, 3.8) is 0 Å². The third-order valence-corrected chi connectivity index (χ3v) is 4.81. The fourth-order valence-corrected chi connectivity index (χ4v) is 4.51. The Kier molecular flexibility index (Phi) is 4.54. The number of hydrogen-bond acceptors (Lipinski definition) is 3. The van der Waals surface area contributed by atoms with Crippen LogP contribution in [0.25, 0.3) is 0 Å². The maximum atomic E-state index is 5.60. The first-order valence-corrected chi connectivity index (χ1v) is 6.45. The monoisotopic (exact) mass is 266 g/mol. The Hall–Kier alpha value is 1.75. The minimum atomic E-state index is 0. The maximum Gasteiger partial charge on any atom is 1.00 e. The van der Waals surface area contributed by atoms with E-state index >= 15 is 0 Å². The van der Waals surface area contributed by atoms with Crippen molar-refractivity contribution in [3.05, 3.63) is 0 Å². The van der Waals surface area contributed by atoms with Crippen molar-refractivity contribution in [2.24, 2.45) is 23.7 Å². The van der Waals surface area contributed by atoms with Gasteiger partial charge in [0.05, 0.1) is 6.10 Å². The van der Waals surface area contributed by atoms with Crippen molar-refractivity contribution in [1.82, 2.24) is 0 Å². The van der Waals surface area contributed by atoms with E-state index in [0.717, 1.165) is 23.7 Å². The molecule has 0 N–H and O–H groups in total. The zero-order valence-electron chi connectivity index (χ0n) is 9.15. The van der Waals surface area contributed by atoms with Gasteiger partial charge in [-0.25, -0.2) is 0 Å². The summed E-state index contributed by atoms with van der Waals surface area (Å²) in [6.45, 7) is 0. The first-order valence-electron chi connectivity index (χ1n) is 5.63. The minimum absolute atomic E-state index is 0. The van der Waals surface area contributed by atoms with Gasteiger partial charge in [0, 0.05) is 4.38 Å². The van der Waals surface area contributed by atoms with Gasteiger partial charge in [0.2, 0.25) is 0 Å². The van der Waals surface area contributed by atoms with Gasteiger partial charge in [0.15, 0.2) is 0 Å². The van der Waals surface area contributed by atoms with Crippen molar-refractivity contribution in [1.29, 1.82) is 0 Å². The third kappa shape index (κ3) is 2.33. The van der Waals surface area contributed by atoms with Gasteiger partial charge in [-0.1, -0.05) is 6.42 Å². The summed E-state index contributed by atoms with van der Waals surface area (Å²) in [6.07, 6.45) is 7.32. The molecule has 2 unspecified atom stereocenters. The number of fused-ring (bicyclic) bond motifs is 5. The summed E-state index contributed by atoms with van der Waals surface area (Å²) in [6, 6.07) is 0. The van der Waals surface area contributed by atoms with E-state index < -0.39 is 0 Å². The van der Waals surface area contributed by atoms with Crippen molar-refractivity contribution >= 4 is 29.2 Å². The smallest absolute Gasteiger partial charge is 0.510 e. The van der Waals surface area contributed by atoms with Crippen molar-refractivity contribution in [2.45, 2.75) is 38.2 Å². The molecule has 0 aliphatic heterocycles. The van der Waals surface area contributed by atoms with Crippen LogP contribution in [0.15, 0.2) is 0 Å². The van der Waals surface area contributed by atoms with Gasteiger partial charge in [0.25, 0.3) is 0 Å². The Morgan fingerprint density at radius 3 is 2.60 bits per heavy atom. The molecule has 4 heteroatoms. The second-order valence-electron chi connectivity index (χ2n) is 5.06. The molecule has 0 saturated heterocycles. The van der Waals surface area contributed by atoms with Crippen LogP contribution < -0.4 is 51.4 Å². The zero-order chi connectivity index (χ0) is 9.71. The van der Waals surface area contributed by atoms with E-state index in [2.05, 4.69) is 0 Å². The Morgan fingerprint density at radius 1 is 1.13 bits per heavy atom. The van der Waals surface area contributed by atoms with Crippen LogP contribution in [0.3, 0.4) is 0 Å². The zero-order valence-corrected chi connectivity index (χ0v) is 13.9. The Labute approximate surface area is 145 Å². The van der Waals surface area contributed by atoms with E-state index in [1.165, 1.54) is 32.1 Å². The molecule has 3 fully saturated rings. The van der Waals surface area contributed by atoms with Gasteiger partial charge in [-0.05, 0) is 49.4 Å². The quantitative estimate of drug-likeness (QED) is 0.365. The molecule has 15 heavy (non-hydrogen) atoms. The molecule has 2 bridgehead atoms. The molecule has 0 aromatic rings. The van der Waals surface area contributed by atoms with Crippen LogP contribution in [-0.2, 0) is 17.4 Å². The predicted octanol–water partition coefficient (Wildman–Crippen LogP) is -0.336. The summed E-state index contributed by atoms with van der Waals surface area (Å²) in [5.74, 6) is 3.69. The van der Waals surface area contributed by atoms with Crippen LogP contribution in [-0.4, -0.2) is 10.5 Å². The van der Waals surface area contributed by atoms with E-state index in [0.29, 0.717) is 10.5 Å². The summed E-state index contributed by atoms with van der Waals surface area (Å²) in [5.41, 5.74) is 0. The molecule has 0 radical (unpaired) electrons. The van der Waals surface area contributed by atoms with Gasteiger partial charge in [-0.15, -0.1) is 0 Å². The minimum Gasteiger partial charge on any atom is -0.510 e. The summed E-state index contributed by atoms with van der Waals surface area (Å²) < 4.78 is 5.93. The topological polar surface area (TPSA) is 9.23 Å². The van der Waals surface area contributed by atoms with E-state index in [4.69, 9.17) is 29.6 Å². The predicted molar refractivity (Wildman–Crippen MR) is 61.9 cm³/mol. The normalized spacial score (nSPS) is 46.0. The van der Waals surface area contributed by atoms with Crippen LogP contribution in [0, 0.1) is 23.7 Å². The molecule has 1 nitrogen and oxygen atoms in total. The van der Waals surface area contributed by atoms with Crippen LogP contribution in [0.1, 0.15) is 32.1 Å². The number of hydrogen-bond donors (Lipinski definition) is 0. The number of thiocarbonyl (C=S) groups is 1. The molecule has 0 aromatic carbocycles. The summed E-state index contributed by atoms with van der Waals surface area (Å²) in [7, 11) is 0. The molecule has 0 heterocycles.